The predicted octanol–water partition coefficient (Wildman–Crippen LogP) is 2.69. The van der Waals surface area contributed by atoms with Gasteiger partial charge in [0.05, 0.1) is 11.3 Å². The minimum absolute atomic E-state index is 0.0723. The molecule has 1 saturated heterocycles. The molecule has 34 heavy (non-hydrogen) atoms. The number of thioether (sulfide) groups is 1. The van der Waals surface area contributed by atoms with Crippen molar-refractivity contribution in [1.29, 1.82) is 0 Å². The Kier molecular flexibility index (Phi) is 8.30. The highest BCUT2D eigenvalue weighted by Crippen LogP contribution is 2.30. The van der Waals surface area contributed by atoms with E-state index in [1.165, 1.54) is 11.8 Å². The van der Waals surface area contributed by atoms with E-state index in [-0.39, 0.29) is 24.2 Å². The molecule has 0 spiro atoms. The lowest BCUT2D eigenvalue weighted by Crippen LogP contribution is -2.30. The van der Waals surface area contributed by atoms with Gasteiger partial charge in [0.1, 0.15) is 13.2 Å². The van der Waals surface area contributed by atoms with Gasteiger partial charge < -0.3 is 24.4 Å². The number of benzene rings is 2. The summed E-state index contributed by atoms with van der Waals surface area (Å²) in [5, 5.41) is 2.76. The highest BCUT2D eigenvalue weighted by molar-refractivity contribution is 8.00. The summed E-state index contributed by atoms with van der Waals surface area (Å²) in [6.45, 7) is 2.70. The number of amides is 2. The fourth-order valence-electron chi connectivity index (χ4n) is 3.81. The Morgan fingerprint density at radius 2 is 1.76 bits per heavy atom. The molecule has 9 heteroatoms. The van der Waals surface area contributed by atoms with Crippen molar-refractivity contribution in [3.63, 3.8) is 0 Å². The molecule has 2 aromatic carbocycles. The maximum absolute atomic E-state index is 12.6. The number of esters is 1. The largest absolute Gasteiger partial charge is 0.486 e. The van der Waals surface area contributed by atoms with Gasteiger partial charge in [0.2, 0.25) is 5.91 Å². The Morgan fingerprint density at radius 3 is 2.59 bits per heavy atom. The van der Waals surface area contributed by atoms with E-state index in [2.05, 4.69) is 5.32 Å². The summed E-state index contributed by atoms with van der Waals surface area (Å²) in [5.41, 5.74) is 1.36. The Bertz CT molecular complexity index is 1040. The Labute approximate surface area is 202 Å². The summed E-state index contributed by atoms with van der Waals surface area (Å²) < 4.78 is 16.3. The molecule has 8 nitrogen and oxygen atoms in total. The van der Waals surface area contributed by atoms with Crippen LogP contribution < -0.4 is 14.8 Å². The van der Waals surface area contributed by atoms with E-state index in [0.717, 1.165) is 37.2 Å². The van der Waals surface area contributed by atoms with Crippen molar-refractivity contribution in [2.24, 2.45) is 0 Å². The summed E-state index contributed by atoms with van der Waals surface area (Å²) in [7, 11) is 0. The lowest BCUT2D eigenvalue weighted by atomic mass is 10.1. The van der Waals surface area contributed by atoms with Crippen LogP contribution in [0.4, 0.5) is 0 Å². The number of rotatable bonds is 9. The van der Waals surface area contributed by atoms with Gasteiger partial charge in [-0.05, 0) is 49.1 Å². The topological polar surface area (TPSA) is 94.2 Å². The van der Waals surface area contributed by atoms with Crippen LogP contribution in [0.5, 0.6) is 11.5 Å². The van der Waals surface area contributed by atoms with Crippen LogP contribution in [-0.4, -0.2) is 67.9 Å². The summed E-state index contributed by atoms with van der Waals surface area (Å²) in [4.78, 5) is 39.6. The summed E-state index contributed by atoms with van der Waals surface area (Å²) in [5.74, 6) is 0.819. The molecule has 4 rings (SSSR count). The van der Waals surface area contributed by atoms with Gasteiger partial charge in [-0.25, -0.2) is 4.79 Å². The maximum atomic E-state index is 12.6. The molecular weight excluding hydrogens is 456 g/mol. The third-order valence-electron chi connectivity index (χ3n) is 5.59. The molecule has 2 aromatic rings. The first-order valence-electron chi connectivity index (χ1n) is 11.4. The van der Waals surface area contributed by atoms with Gasteiger partial charge in [-0.1, -0.05) is 18.2 Å². The van der Waals surface area contributed by atoms with E-state index in [0.29, 0.717) is 42.4 Å². The third-order valence-corrected chi connectivity index (χ3v) is 6.65. The van der Waals surface area contributed by atoms with Crippen LogP contribution >= 0.6 is 11.8 Å². The monoisotopic (exact) mass is 484 g/mol. The molecule has 1 fully saturated rings. The van der Waals surface area contributed by atoms with Crippen LogP contribution in [-0.2, 0) is 20.7 Å². The normalized spacial score (nSPS) is 14.5. The SMILES string of the molecule is O=C(COC(=O)c1ccccc1SCC(=O)N1CCCC1)NCCc1ccc2c(c1)OCCO2. The van der Waals surface area contributed by atoms with E-state index < -0.39 is 5.97 Å². The quantitative estimate of drug-likeness (QED) is 0.432. The molecule has 0 aliphatic carbocycles. The first-order valence-corrected chi connectivity index (χ1v) is 12.4. The highest BCUT2D eigenvalue weighted by Gasteiger charge is 2.20. The van der Waals surface area contributed by atoms with E-state index in [4.69, 9.17) is 14.2 Å². The zero-order valence-corrected chi connectivity index (χ0v) is 19.7. The maximum Gasteiger partial charge on any atom is 0.339 e. The van der Waals surface area contributed by atoms with Crippen LogP contribution in [0, 0.1) is 0 Å². The number of ether oxygens (including phenoxy) is 3. The molecule has 2 heterocycles. The molecule has 2 amide bonds. The Hall–Kier alpha value is -3.20. The fourth-order valence-corrected chi connectivity index (χ4v) is 4.75. The molecule has 0 radical (unpaired) electrons. The van der Waals surface area contributed by atoms with Crippen molar-refractivity contribution < 1.29 is 28.6 Å². The number of fused-ring (bicyclic) bond motifs is 1. The van der Waals surface area contributed by atoms with Crippen molar-refractivity contribution in [1.82, 2.24) is 10.2 Å². The highest BCUT2D eigenvalue weighted by atomic mass is 32.2. The van der Waals surface area contributed by atoms with Gasteiger partial charge in [-0.15, -0.1) is 11.8 Å². The predicted molar refractivity (Wildman–Crippen MR) is 127 cm³/mol. The second kappa shape index (κ2) is 11.8. The number of hydrogen-bond donors (Lipinski definition) is 1. The average Bonchev–Trinajstić information content (AvgIpc) is 3.41. The number of hydrogen-bond acceptors (Lipinski definition) is 7. The van der Waals surface area contributed by atoms with E-state index in [9.17, 15) is 14.4 Å². The molecule has 2 aliphatic heterocycles. The van der Waals surface area contributed by atoms with Crippen molar-refractivity contribution >= 4 is 29.5 Å². The Balaban J connectivity index is 1.21. The van der Waals surface area contributed by atoms with Crippen molar-refractivity contribution in [3.05, 3.63) is 53.6 Å². The minimum Gasteiger partial charge on any atom is -0.486 e. The molecule has 2 aliphatic rings. The number of nitrogens with one attached hydrogen (secondary N) is 1. The first-order chi connectivity index (χ1) is 16.6. The van der Waals surface area contributed by atoms with Gasteiger partial charge in [0, 0.05) is 24.5 Å². The van der Waals surface area contributed by atoms with Crippen LogP contribution in [0.25, 0.3) is 0 Å². The molecule has 1 N–H and O–H groups in total. The lowest BCUT2D eigenvalue weighted by Gasteiger charge is -2.18. The molecule has 0 aromatic heterocycles. The fraction of sp³-hybridized carbons (Fsp3) is 0.400. The second-order valence-corrected chi connectivity index (χ2v) is 9.04. The minimum atomic E-state index is -0.585. The van der Waals surface area contributed by atoms with Crippen molar-refractivity contribution in [2.45, 2.75) is 24.2 Å². The molecular formula is C25H28N2O6S. The van der Waals surface area contributed by atoms with E-state index in [1.54, 1.807) is 18.2 Å². The average molecular weight is 485 g/mol. The van der Waals surface area contributed by atoms with Crippen LogP contribution in [0.3, 0.4) is 0 Å². The van der Waals surface area contributed by atoms with E-state index >= 15 is 0 Å². The number of carbonyl (C=O) groups excluding carboxylic acids is 3. The molecule has 0 bridgehead atoms. The van der Waals surface area contributed by atoms with Crippen LogP contribution in [0.2, 0.25) is 0 Å². The number of carbonyl (C=O) groups is 3. The standard InChI is InChI=1S/C25H28N2O6S/c28-23(26-10-9-18-7-8-20-21(15-18)32-14-13-31-20)16-33-25(30)19-5-1-2-6-22(19)34-17-24(29)27-11-3-4-12-27/h1-2,5-8,15H,3-4,9-14,16-17H2,(H,26,28). The van der Waals surface area contributed by atoms with Gasteiger partial charge >= 0.3 is 5.97 Å². The van der Waals surface area contributed by atoms with Gasteiger partial charge in [-0.2, -0.15) is 0 Å². The van der Waals surface area contributed by atoms with Crippen molar-refractivity contribution in [3.8, 4) is 11.5 Å². The number of likely N-dealkylation sites (tertiary alicyclic amines) is 1. The van der Waals surface area contributed by atoms with Crippen molar-refractivity contribution in [2.75, 3.05) is 45.2 Å². The lowest BCUT2D eigenvalue weighted by molar-refractivity contribution is -0.127. The van der Waals surface area contributed by atoms with Crippen LogP contribution in [0.15, 0.2) is 47.4 Å². The molecule has 0 saturated carbocycles. The summed E-state index contributed by atoms with van der Waals surface area (Å²) in [6, 6.07) is 12.7. The molecule has 0 atom stereocenters. The zero-order valence-electron chi connectivity index (χ0n) is 18.9. The zero-order chi connectivity index (χ0) is 23.8. The van der Waals surface area contributed by atoms with Gasteiger partial charge in [0.25, 0.3) is 5.91 Å². The van der Waals surface area contributed by atoms with E-state index in [1.807, 2.05) is 29.2 Å². The molecule has 0 unspecified atom stereocenters. The second-order valence-electron chi connectivity index (χ2n) is 8.03. The summed E-state index contributed by atoms with van der Waals surface area (Å²) in [6.07, 6.45) is 2.69. The smallest absolute Gasteiger partial charge is 0.339 e. The van der Waals surface area contributed by atoms with Gasteiger partial charge in [0.15, 0.2) is 18.1 Å². The third kappa shape index (κ3) is 6.44. The van der Waals surface area contributed by atoms with Crippen LogP contribution in [0.1, 0.15) is 28.8 Å². The summed E-state index contributed by atoms with van der Waals surface area (Å²) >= 11 is 1.31. The van der Waals surface area contributed by atoms with Gasteiger partial charge in [-0.3, -0.25) is 9.59 Å². The Morgan fingerprint density at radius 1 is 1.00 bits per heavy atom. The number of nitrogens with zero attached hydrogens (tertiary/aromatic N) is 1. The first kappa shape index (κ1) is 23.9. The molecule has 180 valence electrons.